The van der Waals surface area contributed by atoms with Crippen molar-refractivity contribution < 1.29 is 9.59 Å². The third kappa shape index (κ3) is 1.62. The van der Waals surface area contributed by atoms with Gasteiger partial charge in [-0.3, -0.25) is 9.59 Å². The molecule has 0 amide bonds. The summed E-state index contributed by atoms with van der Waals surface area (Å²) in [5, 5.41) is 0. The van der Waals surface area contributed by atoms with E-state index in [9.17, 15) is 9.59 Å². The number of ketones is 2. The number of halogens is 2. The summed E-state index contributed by atoms with van der Waals surface area (Å²) in [6, 6.07) is 0. The zero-order chi connectivity index (χ0) is 15.0. The van der Waals surface area contributed by atoms with Crippen LogP contribution >= 0.6 is 23.2 Å². The molecule has 2 atom stereocenters. The first-order chi connectivity index (χ1) is 8.29. The van der Waals surface area contributed by atoms with E-state index in [-0.39, 0.29) is 11.3 Å². The third-order valence-electron chi connectivity index (χ3n) is 4.43. The molecule has 1 saturated carbocycles. The Hall–Kier alpha value is -0.340. The van der Waals surface area contributed by atoms with Crippen molar-refractivity contribution in [3.8, 4) is 0 Å². The molecule has 2 aliphatic carbocycles. The van der Waals surface area contributed by atoms with Gasteiger partial charge in [0, 0.05) is 11.5 Å². The quantitative estimate of drug-likeness (QED) is 0.501. The van der Waals surface area contributed by atoms with Crippen LogP contribution in [0.15, 0.2) is 11.6 Å². The summed E-state index contributed by atoms with van der Waals surface area (Å²) in [5.74, 6) is -1.13. The number of alkyl halides is 2. The first kappa shape index (κ1) is 15.1. The van der Waals surface area contributed by atoms with Gasteiger partial charge in [0.25, 0.3) is 0 Å². The Balaban J connectivity index is 2.63. The molecule has 0 unspecified atom stereocenters. The first-order valence-corrected chi connectivity index (χ1v) is 7.24. The SMILES string of the molecule is CC(C)(C)C1=C[C@H]2C(Cl)(Cl)[C@@]2(C(C)(C)C)C(=O)C1=O. The second kappa shape index (κ2) is 3.65. The molecule has 2 nitrogen and oxygen atoms in total. The molecule has 2 aliphatic rings. The van der Waals surface area contributed by atoms with Crippen LogP contribution in [-0.2, 0) is 9.59 Å². The van der Waals surface area contributed by atoms with Crippen molar-refractivity contribution >= 4 is 34.8 Å². The van der Waals surface area contributed by atoms with Gasteiger partial charge in [-0.1, -0.05) is 70.8 Å². The molecule has 2 rings (SSSR count). The number of fused-ring (bicyclic) bond motifs is 1. The minimum Gasteiger partial charge on any atom is -0.290 e. The van der Waals surface area contributed by atoms with Crippen LogP contribution in [0.1, 0.15) is 41.5 Å². The smallest absolute Gasteiger partial charge is 0.225 e. The number of carbonyl (C=O) groups is 2. The van der Waals surface area contributed by atoms with Crippen LogP contribution in [0.3, 0.4) is 0 Å². The Kier molecular flexibility index (Phi) is 2.89. The van der Waals surface area contributed by atoms with Crippen LogP contribution < -0.4 is 0 Å². The van der Waals surface area contributed by atoms with E-state index in [0.717, 1.165) is 0 Å². The Morgan fingerprint density at radius 1 is 1.05 bits per heavy atom. The Bertz CT molecular complexity index is 503. The fourth-order valence-corrected chi connectivity index (χ4v) is 4.71. The van der Waals surface area contributed by atoms with Gasteiger partial charge in [0.05, 0.1) is 5.41 Å². The van der Waals surface area contributed by atoms with Gasteiger partial charge in [-0.15, -0.1) is 0 Å². The fraction of sp³-hybridized carbons (Fsp3) is 0.733. The van der Waals surface area contributed by atoms with E-state index >= 15 is 0 Å². The predicted molar refractivity (Wildman–Crippen MR) is 77.4 cm³/mol. The van der Waals surface area contributed by atoms with Crippen LogP contribution in [0.4, 0.5) is 0 Å². The number of Topliss-reactive ketones (excluding diaryl/α,β-unsaturated/α-hetero) is 2. The normalized spacial score (nSPS) is 33.9. The number of hydrogen-bond acceptors (Lipinski definition) is 2. The van der Waals surface area contributed by atoms with E-state index < -0.39 is 26.7 Å². The average molecular weight is 303 g/mol. The van der Waals surface area contributed by atoms with Crippen LogP contribution in [-0.4, -0.2) is 15.9 Å². The zero-order valence-corrected chi connectivity index (χ0v) is 13.7. The van der Waals surface area contributed by atoms with Gasteiger partial charge in [-0.25, -0.2) is 0 Å². The minimum absolute atomic E-state index is 0.275. The summed E-state index contributed by atoms with van der Waals surface area (Å²) in [7, 11) is 0. The second-order valence-corrected chi connectivity index (χ2v) is 9.03. The summed E-state index contributed by atoms with van der Waals surface area (Å²) in [4.78, 5) is 25.1. The van der Waals surface area contributed by atoms with Crippen LogP contribution in [0.25, 0.3) is 0 Å². The highest BCUT2D eigenvalue weighted by atomic mass is 35.5. The van der Waals surface area contributed by atoms with Gasteiger partial charge in [0.1, 0.15) is 4.33 Å². The molecule has 0 radical (unpaired) electrons. The maximum atomic E-state index is 12.6. The van der Waals surface area contributed by atoms with Gasteiger partial charge >= 0.3 is 0 Å². The lowest BCUT2D eigenvalue weighted by Crippen LogP contribution is -2.43. The molecule has 19 heavy (non-hydrogen) atoms. The van der Waals surface area contributed by atoms with E-state index in [2.05, 4.69) is 0 Å². The monoisotopic (exact) mass is 302 g/mol. The van der Waals surface area contributed by atoms with E-state index in [1.165, 1.54) is 0 Å². The fourth-order valence-electron chi connectivity index (χ4n) is 3.39. The molecule has 0 spiro atoms. The van der Waals surface area contributed by atoms with Gasteiger partial charge in [0.15, 0.2) is 0 Å². The molecular weight excluding hydrogens is 283 g/mol. The molecule has 4 heteroatoms. The molecule has 1 fully saturated rings. The molecule has 0 aliphatic heterocycles. The van der Waals surface area contributed by atoms with Crippen molar-refractivity contribution in [1.82, 2.24) is 0 Å². The maximum Gasteiger partial charge on any atom is 0.225 e. The molecule has 106 valence electrons. The highest BCUT2D eigenvalue weighted by molar-refractivity contribution is 6.60. The Labute approximate surface area is 124 Å². The van der Waals surface area contributed by atoms with Crippen molar-refractivity contribution in [3.05, 3.63) is 11.6 Å². The van der Waals surface area contributed by atoms with E-state index in [1.54, 1.807) is 0 Å². The number of carbonyl (C=O) groups excluding carboxylic acids is 2. The first-order valence-electron chi connectivity index (χ1n) is 6.49. The lowest BCUT2D eigenvalue weighted by Gasteiger charge is -2.34. The van der Waals surface area contributed by atoms with Gasteiger partial charge < -0.3 is 0 Å². The molecule has 0 bridgehead atoms. The molecule has 0 heterocycles. The topological polar surface area (TPSA) is 34.1 Å². The van der Waals surface area contributed by atoms with E-state index in [1.807, 2.05) is 47.6 Å². The minimum atomic E-state index is -1.18. The van der Waals surface area contributed by atoms with Crippen molar-refractivity contribution in [2.45, 2.75) is 45.9 Å². The highest BCUT2D eigenvalue weighted by Crippen LogP contribution is 2.78. The summed E-state index contributed by atoms with van der Waals surface area (Å²) in [6.07, 6.45) is 1.83. The molecule has 0 saturated heterocycles. The summed E-state index contributed by atoms with van der Waals surface area (Å²) < 4.78 is -1.18. The average Bonchev–Trinajstić information content (AvgIpc) is 2.68. The van der Waals surface area contributed by atoms with Crippen molar-refractivity contribution in [2.24, 2.45) is 22.2 Å². The zero-order valence-electron chi connectivity index (χ0n) is 12.2. The summed E-state index contributed by atoms with van der Waals surface area (Å²) in [5.41, 5.74) is -1.27. The predicted octanol–water partition coefficient (Wildman–Crippen LogP) is 3.95. The van der Waals surface area contributed by atoms with Gasteiger partial charge in [0.2, 0.25) is 11.6 Å². The van der Waals surface area contributed by atoms with Crippen LogP contribution in [0, 0.1) is 22.2 Å². The maximum absolute atomic E-state index is 12.6. The number of allylic oxidation sites excluding steroid dienone is 2. The second-order valence-electron chi connectivity index (χ2n) is 7.65. The van der Waals surface area contributed by atoms with Crippen molar-refractivity contribution in [2.75, 3.05) is 0 Å². The standard InChI is InChI=1S/C15H20Cl2O2/c1-12(2,3)8-7-9-14(13(4,5)6,15(9,16)17)11(19)10(8)18/h7,9H,1-6H3/t9-,14-/m1/s1. The Morgan fingerprint density at radius 3 is 1.89 bits per heavy atom. The Morgan fingerprint density at radius 2 is 1.53 bits per heavy atom. The lowest BCUT2D eigenvalue weighted by atomic mass is 9.66. The lowest BCUT2D eigenvalue weighted by molar-refractivity contribution is -0.142. The van der Waals surface area contributed by atoms with E-state index in [4.69, 9.17) is 23.2 Å². The summed E-state index contributed by atoms with van der Waals surface area (Å²) in [6.45, 7) is 11.5. The molecular formula is C15H20Cl2O2. The molecule has 0 aromatic rings. The number of rotatable bonds is 0. The van der Waals surface area contributed by atoms with Crippen LogP contribution in [0.5, 0.6) is 0 Å². The molecule has 0 aromatic heterocycles. The molecule has 0 N–H and O–H groups in total. The third-order valence-corrected chi connectivity index (χ3v) is 5.50. The van der Waals surface area contributed by atoms with Crippen LogP contribution in [0.2, 0.25) is 0 Å². The van der Waals surface area contributed by atoms with Crippen molar-refractivity contribution in [3.63, 3.8) is 0 Å². The highest BCUT2D eigenvalue weighted by Gasteiger charge is 2.85. The largest absolute Gasteiger partial charge is 0.290 e. The van der Waals surface area contributed by atoms with E-state index in [0.29, 0.717) is 5.57 Å². The summed E-state index contributed by atoms with van der Waals surface area (Å²) >= 11 is 12.8. The van der Waals surface area contributed by atoms with Crippen molar-refractivity contribution in [1.29, 1.82) is 0 Å². The van der Waals surface area contributed by atoms with Gasteiger partial charge in [-0.05, 0) is 10.8 Å². The molecule has 0 aromatic carbocycles. The van der Waals surface area contributed by atoms with Gasteiger partial charge in [-0.2, -0.15) is 0 Å². The number of hydrogen-bond donors (Lipinski definition) is 0.